The van der Waals surface area contributed by atoms with Crippen molar-refractivity contribution in [2.75, 3.05) is 19.4 Å². The summed E-state index contributed by atoms with van der Waals surface area (Å²) in [5.41, 5.74) is 5.91. The summed E-state index contributed by atoms with van der Waals surface area (Å²) in [6.07, 6.45) is 0.587. The van der Waals surface area contributed by atoms with Gasteiger partial charge in [-0.1, -0.05) is 11.6 Å². The Hall–Kier alpha value is -0.820. The first-order chi connectivity index (χ1) is 8.84. The quantitative estimate of drug-likeness (QED) is 0.863. The van der Waals surface area contributed by atoms with E-state index in [2.05, 4.69) is 0 Å². The lowest BCUT2D eigenvalue weighted by Crippen LogP contribution is -2.40. The number of benzene rings is 1. The molecule has 2 atom stereocenters. The molecule has 1 heterocycles. The van der Waals surface area contributed by atoms with Crippen molar-refractivity contribution < 1.29 is 13.2 Å². The molecule has 0 bridgehead atoms. The Labute approximate surface area is 118 Å². The summed E-state index contributed by atoms with van der Waals surface area (Å²) < 4.78 is 31.8. The lowest BCUT2D eigenvalue weighted by molar-refractivity contribution is 0.102. The Morgan fingerprint density at radius 3 is 2.68 bits per heavy atom. The van der Waals surface area contributed by atoms with Crippen molar-refractivity contribution in [3.63, 3.8) is 0 Å². The summed E-state index contributed by atoms with van der Waals surface area (Å²) >= 11 is 5.81. The average molecular weight is 305 g/mol. The van der Waals surface area contributed by atoms with E-state index in [0.717, 1.165) is 0 Å². The molecule has 0 saturated carbocycles. The molecule has 1 aromatic carbocycles. The van der Waals surface area contributed by atoms with E-state index < -0.39 is 10.0 Å². The van der Waals surface area contributed by atoms with E-state index in [-0.39, 0.29) is 22.7 Å². The molecule has 0 amide bonds. The SMILES string of the molecule is CC1OCCC1N(C)S(=O)(=O)c1ccc(Cl)c(N)c1. The number of likely N-dealkylation sites (N-methyl/N-ethyl adjacent to an activating group) is 1. The number of rotatable bonds is 3. The number of hydrogen-bond acceptors (Lipinski definition) is 4. The Balaban J connectivity index is 2.33. The molecule has 1 saturated heterocycles. The molecule has 2 rings (SSSR count). The first-order valence-electron chi connectivity index (χ1n) is 5.98. The molecule has 106 valence electrons. The van der Waals surface area contributed by atoms with Crippen LogP contribution < -0.4 is 5.73 Å². The topological polar surface area (TPSA) is 72.6 Å². The zero-order chi connectivity index (χ0) is 14.2. The molecule has 1 aromatic rings. The van der Waals surface area contributed by atoms with Gasteiger partial charge in [0.05, 0.1) is 27.8 Å². The molecule has 5 nitrogen and oxygen atoms in total. The maximum atomic E-state index is 12.5. The zero-order valence-electron chi connectivity index (χ0n) is 10.8. The van der Waals surface area contributed by atoms with Gasteiger partial charge in [0.2, 0.25) is 10.0 Å². The molecule has 0 spiro atoms. The fraction of sp³-hybridized carbons (Fsp3) is 0.500. The van der Waals surface area contributed by atoms with Gasteiger partial charge in [0, 0.05) is 13.7 Å². The van der Waals surface area contributed by atoms with Crippen molar-refractivity contribution >= 4 is 27.3 Å². The number of nitrogens with two attached hydrogens (primary N) is 1. The highest BCUT2D eigenvalue weighted by molar-refractivity contribution is 7.89. The second kappa shape index (κ2) is 5.28. The van der Waals surface area contributed by atoms with E-state index in [1.54, 1.807) is 7.05 Å². The van der Waals surface area contributed by atoms with Crippen LogP contribution in [0.25, 0.3) is 0 Å². The van der Waals surface area contributed by atoms with Crippen molar-refractivity contribution in [1.82, 2.24) is 4.31 Å². The van der Waals surface area contributed by atoms with Crippen molar-refractivity contribution in [3.05, 3.63) is 23.2 Å². The molecule has 1 aliphatic rings. The minimum atomic E-state index is -3.58. The van der Waals surface area contributed by atoms with Crippen LogP contribution in [-0.4, -0.2) is 38.5 Å². The maximum Gasteiger partial charge on any atom is 0.243 e. The molecule has 1 aliphatic heterocycles. The smallest absolute Gasteiger partial charge is 0.243 e. The van der Waals surface area contributed by atoms with E-state index in [4.69, 9.17) is 22.1 Å². The van der Waals surface area contributed by atoms with Gasteiger partial charge in [0.15, 0.2) is 0 Å². The molecular weight excluding hydrogens is 288 g/mol. The lowest BCUT2D eigenvalue weighted by atomic mass is 10.2. The van der Waals surface area contributed by atoms with Crippen LogP contribution in [0.15, 0.2) is 23.1 Å². The fourth-order valence-corrected chi connectivity index (χ4v) is 3.82. The van der Waals surface area contributed by atoms with E-state index in [1.807, 2.05) is 6.92 Å². The highest BCUT2D eigenvalue weighted by Crippen LogP contribution is 2.27. The number of anilines is 1. The molecule has 7 heteroatoms. The molecule has 2 N–H and O–H groups in total. The van der Waals surface area contributed by atoms with Crippen LogP contribution in [0.2, 0.25) is 5.02 Å². The van der Waals surface area contributed by atoms with Gasteiger partial charge in [-0.2, -0.15) is 4.31 Å². The summed E-state index contributed by atoms with van der Waals surface area (Å²) in [4.78, 5) is 0.149. The second-order valence-corrected chi connectivity index (χ2v) is 7.04. The largest absolute Gasteiger partial charge is 0.397 e. The van der Waals surface area contributed by atoms with E-state index in [9.17, 15) is 8.42 Å². The van der Waals surface area contributed by atoms with Gasteiger partial charge < -0.3 is 10.5 Å². The normalized spacial score (nSPS) is 24.0. The van der Waals surface area contributed by atoms with Crippen molar-refractivity contribution in [2.45, 2.75) is 30.4 Å². The minimum absolute atomic E-state index is 0.107. The highest BCUT2D eigenvalue weighted by atomic mass is 35.5. The van der Waals surface area contributed by atoms with Crippen LogP contribution in [0.4, 0.5) is 5.69 Å². The van der Waals surface area contributed by atoms with Gasteiger partial charge >= 0.3 is 0 Å². The standard InChI is InChI=1S/C12H17ClN2O3S/c1-8-12(5-6-18-8)15(2)19(16,17)9-3-4-10(13)11(14)7-9/h3-4,7-8,12H,5-6,14H2,1-2H3. The Bertz CT molecular complexity index is 576. The number of sulfonamides is 1. The van der Waals surface area contributed by atoms with E-state index in [1.165, 1.54) is 22.5 Å². The molecular formula is C12H17ClN2O3S. The Morgan fingerprint density at radius 2 is 2.16 bits per heavy atom. The Kier molecular flexibility index (Phi) is 4.06. The molecule has 0 aliphatic carbocycles. The number of nitrogens with zero attached hydrogens (tertiary/aromatic N) is 1. The number of nitrogen functional groups attached to an aromatic ring is 1. The summed E-state index contributed by atoms with van der Waals surface area (Å²) in [7, 11) is -2.01. The first kappa shape index (κ1) is 14.6. The van der Waals surface area contributed by atoms with Crippen molar-refractivity contribution in [3.8, 4) is 0 Å². The third-order valence-electron chi connectivity index (χ3n) is 3.45. The van der Waals surface area contributed by atoms with Gasteiger partial charge in [0.25, 0.3) is 0 Å². The third kappa shape index (κ3) is 2.72. The van der Waals surface area contributed by atoms with Gasteiger partial charge in [-0.3, -0.25) is 0 Å². The third-order valence-corrected chi connectivity index (χ3v) is 5.67. The first-order valence-corrected chi connectivity index (χ1v) is 7.80. The fourth-order valence-electron chi connectivity index (χ4n) is 2.22. The molecule has 1 fully saturated rings. The monoisotopic (exact) mass is 304 g/mol. The number of halogens is 1. The predicted octanol–water partition coefficient (Wildman–Crippen LogP) is 1.72. The molecule has 0 aromatic heterocycles. The molecule has 19 heavy (non-hydrogen) atoms. The van der Waals surface area contributed by atoms with Gasteiger partial charge in [-0.25, -0.2) is 8.42 Å². The van der Waals surface area contributed by atoms with Gasteiger partial charge in [-0.05, 0) is 31.5 Å². The average Bonchev–Trinajstić information content (AvgIpc) is 2.77. The van der Waals surface area contributed by atoms with Crippen LogP contribution in [0.3, 0.4) is 0 Å². The van der Waals surface area contributed by atoms with Crippen LogP contribution in [0.1, 0.15) is 13.3 Å². The summed E-state index contributed by atoms with van der Waals surface area (Å²) in [5.74, 6) is 0. The van der Waals surface area contributed by atoms with Crippen LogP contribution in [0, 0.1) is 0 Å². The summed E-state index contributed by atoms with van der Waals surface area (Å²) in [5, 5.41) is 0.346. The van der Waals surface area contributed by atoms with Crippen molar-refractivity contribution in [1.29, 1.82) is 0 Å². The minimum Gasteiger partial charge on any atom is -0.397 e. The second-order valence-electron chi connectivity index (χ2n) is 4.64. The van der Waals surface area contributed by atoms with E-state index >= 15 is 0 Å². The van der Waals surface area contributed by atoms with Crippen molar-refractivity contribution in [2.24, 2.45) is 0 Å². The Morgan fingerprint density at radius 1 is 1.47 bits per heavy atom. The highest BCUT2D eigenvalue weighted by Gasteiger charge is 2.35. The molecule has 0 radical (unpaired) electrons. The van der Waals surface area contributed by atoms with Gasteiger partial charge in [-0.15, -0.1) is 0 Å². The predicted molar refractivity (Wildman–Crippen MR) is 74.6 cm³/mol. The maximum absolute atomic E-state index is 12.5. The van der Waals surface area contributed by atoms with E-state index in [0.29, 0.717) is 18.1 Å². The number of ether oxygens (including phenoxy) is 1. The zero-order valence-corrected chi connectivity index (χ0v) is 12.4. The lowest BCUT2D eigenvalue weighted by Gasteiger charge is -2.26. The van der Waals surface area contributed by atoms with Crippen LogP contribution in [-0.2, 0) is 14.8 Å². The van der Waals surface area contributed by atoms with Crippen LogP contribution >= 0.6 is 11.6 Å². The number of hydrogen-bond donors (Lipinski definition) is 1. The summed E-state index contributed by atoms with van der Waals surface area (Å²) in [6.45, 7) is 2.45. The summed E-state index contributed by atoms with van der Waals surface area (Å²) in [6, 6.07) is 4.19. The molecule has 2 unspecified atom stereocenters. The van der Waals surface area contributed by atoms with Crippen LogP contribution in [0.5, 0.6) is 0 Å². The van der Waals surface area contributed by atoms with Gasteiger partial charge in [0.1, 0.15) is 0 Å².